The van der Waals surface area contributed by atoms with E-state index < -0.39 is 21.0 Å². The van der Waals surface area contributed by atoms with Crippen molar-refractivity contribution in [2.45, 2.75) is 87.5 Å². The molecule has 0 saturated heterocycles. The molecule has 0 spiro atoms. The highest BCUT2D eigenvalue weighted by Crippen LogP contribution is 2.66. The number of ketones is 1. The molecule has 0 heterocycles. The summed E-state index contributed by atoms with van der Waals surface area (Å²) in [5, 5.41) is 0. The number of hydrogen-bond donors (Lipinski definition) is 2. The molecule has 3 N–H and O–H groups in total. The number of rotatable bonds is 7. The molecule has 2 atom stereocenters. The lowest BCUT2D eigenvalue weighted by Gasteiger charge is -2.61. The van der Waals surface area contributed by atoms with E-state index in [4.69, 9.17) is 5.73 Å². The van der Waals surface area contributed by atoms with Gasteiger partial charge in [0.25, 0.3) is 0 Å². The molecule has 4 bridgehead atoms. The molecule has 33 heavy (non-hydrogen) atoms. The maximum Gasteiger partial charge on any atom is 0.242 e. The minimum Gasteiger partial charge on any atom is -0.369 e. The Morgan fingerprint density at radius 3 is 2.27 bits per heavy atom. The Kier molecular flexibility index (Phi) is 5.81. The number of carbonyl (C=O) groups is 2. The molecule has 180 valence electrons. The number of carbonyl (C=O) groups excluding carboxylic acids is 2. The van der Waals surface area contributed by atoms with E-state index in [0.717, 1.165) is 51.4 Å². The topological polar surface area (TPSA) is 106 Å². The van der Waals surface area contributed by atoms with Gasteiger partial charge in [0.1, 0.15) is 0 Å². The molecule has 0 radical (unpaired) electrons. The van der Waals surface area contributed by atoms with Gasteiger partial charge in [0.05, 0.1) is 15.8 Å². The van der Waals surface area contributed by atoms with Crippen molar-refractivity contribution < 1.29 is 18.0 Å². The van der Waals surface area contributed by atoms with Gasteiger partial charge in [-0.05, 0) is 96.7 Å². The van der Waals surface area contributed by atoms with Crippen LogP contribution in [0, 0.1) is 22.7 Å². The molecule has 6 nitrogen and oxygen atoms in total. The van der Waals surface area contributed by atoms with Gasteiger partial charge in [-0.1, -0.05) is 31.4 Å². The van der Waals surface area contributed by atoms with Gasteiger partial charge in [0.15, 0.2) is 5.78 Å². The van der Waals surface area contributed by atoms with Crippen molar-refractivity contribution in [3.63, 3.8) is 0 Å². The third-order valence-electron chi connectivity index (χ3n) is 8.94. The summed E-state index contributed by atoms with van der Waals surface area (Å²) in [6, 6.07) is 6.71. The van der Waals surface area contributed by atoms with Crippen LogP contribution in [0.2, 0.25) is 0 Å². The fourth-order valence-electron chi connectivity index (χ4n) is 8.03. The molecule has 6 rings (SSSR count). The Morgan fingerprint density at radius 2 is 1.67 bits per heavy atom. The van der Waals surface area contributed by atoms with Crippen molar-refractivity contribution in [1.82, 2.24) is 4.72 Å². The largest absolute Gasteiger partial charge is 0.369 e. The number of amides is 1. The number of benzene rings is 1. The van der Waals surface area contributed by atoms with Crippen LogP contribution in [0.25, 0.3) is 0 Å². The van der Waals surface area contributed by atoms with Gasteiger partial charge in [-0.25, -0.2) is 8.42 Å². The molecule has 1 aromatic carbocycles. The Labute approximate surface area is 204 Å². The molecular formula is C25H33BrN2O4S. The minimum absolute atomic E-state index is 0.000557. The van der Waals surface area contributed by atoms with E-state index >= 15 is 0 Å². The molecule has 5 fully saturated rings. The van der Waals surface area contributed by atoms with Crippen molar-refractivity contribution in [3.05, 3.63) is 28.7 Å². The second-order valence-corrected chi connectivity index (χ2v) is 13.9. The number of nitrogens with one attached hydrogen (secondary N) is 1. The van der Waals surface area contributed by atoms with Crippen LogP contribution < -0.4 is 10.5 Å². The van der Waals surface area contributed by atoms with Crippen molar-refractivity contribution in [1.29, 1.82) is 0 Å². The van der Waals surface area contributed by atoms with Crippen LogP contribution in [0.15, 0.2) is 33.6 Å². The molecule has 8 heteroatoms. The second kappa shape index (κ2) is 8.16. The number of sulfonamides is 1. The molecule has 0 aliphatic heterocycles. The molecular weight excluding hydrogens is 504 g/mol. The van der Waals surface area contributed by atoms with Crippen molar-refractivity contribution in [3.8, 4) is 0 Å². The molecule has 0 aromatic heterocycles. The monoisotopic (exact) mass is 536 g/mol. The summed E-state index contributed by atoms with van der Waals surface area (Å²) in [6.45, 7) is 0. The average molecular weight is 538 g/mol. The Balaban J connectivity index is 1.44. The van der Waals surface area contributed by atoms with E-state index in [9.17, 15) is 18.0 Å². The standard InChI is InChI=1S/C25H33BrN2O4S/c26-19-6-2-3-7-20(19)33(31,32)28-25(8-4-1-5-9-25)21(29)15-23-11-17-10-18(12-23)14-24(13-17,16-23)22(27)30/h2-3,6-7,17-18,28H,1,4-5,8-16H2,(H2,27,30). The van der Waals surface area contributed by atoms with Crippen LogP contribution in [0.4, 0.5) is 0 Å². The molecule has 5 aliphatic rings. The van der Waals surface area contributed by atoms with Gasteiger partial charge >= 0.3 is 0 Å². The van der Waals surface area contributed by atoms with Crippen LogP contribution >= 0.6 is 15.9 Å². The summed E-state index contributed by atoms with van der Waals surface area (Å²) < 4.78 is 30.1. The first kappa shape index (κ1) is 23.5. The van der Waals surface area contributed by atoms with Crippen LogP contribution in [0.3, 0.4) is 0 Å². The summed E-state index contributed by atoms with van der Waals surface area (Å²) in [5.74, 6) is 0.687. The first-order chi connectivity index (χ1) is 15.6. The Hall–Kier alpha value is -1.25. The lowest BCUT2D eigenvalue weighted by atomic mass is 9.43. The number of hydrogen-bond acceptors (Lipinski definition) is 4. The maximum absolute atomic E-state index is 14.0. The third-order valence-corrected chi connectivity index (χ3v) is 11.5. The van der Waals surface area contributed by atoms with Crippen LogP contribution in [0.5, 0.6) is 0 Å². The Bertz CT molecular complexity index is 1070. The molecule has 1 aromatic rings. The van der Waals surface area contributed by atoms with Gasteiger partial charge < -0.3 is 5.73 Å². The van der Waals surface area contributed by atoms with Crippen LogP contribution in [-0.4, -0.2) is 25.6 Å². The highest BCUT2D eigenvalue weighted by Gasteiger charge is 2.61. The predicted molar refractivity (Wildman–Crippen MR) is 129 cm³/mol. The third kappa shape index (κ3) is 4.10. The second-order valence-electron chi connectivity index (χ2n) is 11.4. The number of halogens is 1. The van der Waals surface area contributed by atoms with Crippen LogP contribution in [-0.2, 0) is 19.6 Å². The Morgan fingerprint density at radius 1 is 1.03 bits per heavy atom. The zero-order chi connectivity index (χ0) is 23.5. The highest BCUT2D eigenvalue weighted by molar-refractivity contribution is 9.10. The molecule has 5 aliphatic carbocycles. The zero-order valence-electron chi connectivity index (χ0n) is 18.9. The average Bonchev–Trinajstić information content (AvgIpc) is 2.73. The highest BCUT2D eigenvalue weighted by atomic mass is 79.9. The number of nitrogens with two attached hydrogens (primary N) is 1. The summed E-state index contributed by atoms with van der Waals surface area (Å²) >= 11 is 3.35. The fraction of sp³-hybridized carbons (Fsp3) is 0.680. The fourth-order valence-corrected chi connectivity index (χ4v) is 10.5. The first-order valence-corrected chi connectivity index (χ1v) is 14.5. The van der Waals surface area contributed by atoms with Gasteiger partial charge in [-0.15, -0.1) is 0 Å². The quantitative estimate of drug-likeness (QED) is 0.536. The van der Waals surface area contributed by atoms with Gasteiger partial charge in [-0.3, -0.25) is 9.59 Å². The summed E-state index contributed by atoms with van der Waals surface area (Å²) in [4.78, 5) is 26.6. The van der Waals surface area contributed by atoms with E-state index in [-0.39, 0.29) is 22.0 Å². The summed E-state index contributed by atoms with van der Waals surface area (Å²) in [6.07, 6.45) is 9.49. The predicted octanol–water partition coefficient (Wildman–Crippen LogP) is 4.46. The van der Waals surface area contributed by atoms with Crippen molar-refractivity contribution in [2.24, 2.45) is 28.4 Å². The summed E-state index contributed by atoms with van der Waals surface area (Å²) in [7, 11) is -3.88. The van der Waals surface area contributed by atoms with Crippen molar-refractivity contribution in [2.75, 3.05) is 0 Å². The van der Waals surface area contributed by atoms with E-state index in [1.807, 2.05) is 0 Å². The van der Waals surface area contributed by atoms with Crippen molar-refractivity contribution >= 4 is 37.6 Å². The van der Waals surface area contributed by atoms with E-state index in [1.165, 1.54) is 0 Å². The molecule has 2 unspecified atom stereocenters. The number of Topliss-reactive ketones (excluding diaryl/α,β-unsaturated/α-hetero) is 1. The van der Waals surface area contributed by atoms with E-state index in [2.05, 4.69) is 20.7 Å². The smallest absolute Gasteiger partial charge is 0.242 e. The van der Waals surface area contributed by atoms with Crippen LogP contribution in [0.1, 0.15) is 77.0 Å². The SMILES string of the molecule is NC(=O)C12CC3CC(CC(CC(=O)C4(NS(=O)(=O)c5ccccc5Br)CCCCC4)(C3)C1)C2. The van der Waals surface area contributed by atoms with E-state index in [1.54, 1.807) is 24.3 Å². The lowest BCUT2D eigenvalue weighted by Crippen LogP contribution is -2.60. The first-order valence-electron chi connectivity index (χ1n) is 12.2. The molecule has 5 saturated carbocycles. The maximum atomic E-state index is 14.0. The summed E-state index contributed by atoms with van der Waals surface area (Å²) in [5.41, 5.74) is 4.12. The lowest BCUT2D eigenvalue weighted by molar-refractivity contribution is -0.159. The van der Waals surface area contributed by atoms with Gasteiger partial charge in [0, 0.05) is 10.9 Å². The zero-order valence-corrected chi connectivity index (χ0v) is 21.3. The van der Waals surface area contributed by atoms with Gasteiger partial charge in [-0.2, -0.15) is 4.72 Å². The van der Waals surface area contributed by atoms with E-state index in [0.29, 0.717) is 42.0 Å². The normalized spacial score (nSPS) is 34.8. The minimum atomic E-state index is -3.88. The number of primary amides is 1. The van der Waals surface area contributed by atoms with Gasteiger partial charge in [0.2, 0.25) is 15.9 Å². The molecule has 1 amide bonds.